The topological polar surface area (TPSA) is 34.1 Å². The zero-order valence-electron chi connectivity index (χ0n) is 10.4. The number of benzene rings is 1. The van der Waals surface area contributed by atoms with E-state index in [1.54, 1.807) is 6.07 Å². The molecular weight excluding hydrogens is 267 g/mol. The number of rotatable bonds is 2. The summed E-state index contributed by atoms with van der Waals surface area (Å²) in [7, 11) is 0. The van der Waals surface area contributed by atoms with Crippen molar-refractivity contribution >= 4 is 23.3 Å². The molecular formula is C14H16ClFN2O. The average Bonchev–Trinajstić information content (AvgIpc) is 2.40. The molecule has 3 nitrogen and oxygen atoms in total. The number of nitrogens with one attached hydrogen (secondary N) is 1. The minimum Gasteiger partial charge on any atom is -0.489 e. The molecule has 0 radical (unpaired) electrons. The standard InChI is InChI=1S/C14H15FN2O.ClH/c15-14-9-13(18-10-5-7-16-8-6-10)11-3-1-2-4-12(11)17-14;/h1-4,9-10,16H,5-8H2;1H. The number of halogens is 2. The van der Waals surface area contributed by atoms with Crippen LogP contribution in [0.4, 0.5) is 4.39 Å². The molecule has 0 aliphatic carbocycles. The lowest BCUT2D eigenvalue weighted by Gasteiger charge is -2.24. The first-order valence-corrected chi connectivity index (χ1v) is 6.25. The fourth-order valence-electron chi connectivity index (χ4n) is 2.30. The second-order valence-corrected chi connectivity index (χ2v) is 4.53. The van der Waals surface area contributed by atoms with Crippen molar-refractivity contribution in [2.45, 2.75) is 18.9 Å². The molecule has 1 aromatic carbocycles. The smallest absolute Gasteiger partial charge is 0.217 e. The fourth-order valence-corrected chi connectivity index (χ4v) is 2.30. The lowest BCUT2D eigenvalue weighted by atomic mass is 10.1. The Kier molecular flexibility index (Phi) is 4.56. The summed E-state index contributed by atoms with van der Waals surface area (Å²) in [4.78, 5) is 3.87. The van der Waals surface area contributed by atoms with Crippen molar-refractivity contribution in [3.63, 3.8) is 0 Å². The number of ether oxygens (including phenoxy) is 1. The molecule has 0 unspecified atom stereocenters. The Morgan fingerprint density at radius 1 is 1.21 bits per heavy atom. The van der Waals surface area contributed by atoms with Gasteiger partial charge in [-0.25, -0.2) is 4.98 Å². The number of pyridine rings is 1. The Morgan fingerprint density at radius 3 is 2.74 bits per heavy atom. The lowest BCUT2D eigenvalue weighted by molar-refractivity contribution is 0.164. The van der Waals surface area contributed by atoms with E-state index >= 15 is 0 Å². The van der Waals surface area contributed by atoms with Crippen LogP contribution in [-0.2, 0) is 0 Å². The average molecular weight is 283 g/mol. The van der Waals surface area contributed by atoms with Crippen LogP contribution in [0.2, 0.25) is 0 Å². The highest BCUT2D eigenvalue weighted by Gasteiger charge is 2.16. The summed E-state index contributed by atoms with van der Waals surface area (Å²) in [6.07, 6.45) is 2.08. The summed E-state index contributed by atoms with van der Waals surface area (Å²) in [6, 6.07) is 8.86. The minimum absolute atomic E-state index is 0. The van der Waals surface area contributed by atoms with Crippen LogP contribution in [0.1, 0.15) is 12.8 Å². The van der Waals surface area contributed by atoms with Gasteiger partial charge in [0.2, 0.25) is 5.95 Å². The van der Waals surface area contributed by atoms with Crippen molar-refractivity contribution in [2.75, 3.05) is 13.1 Å². The van der Waals surface area contributed by atoms with Crippen LogP contribution in [0.25, 0.3) is 10.9 Å². The first kappa shape index (κ1) is 14.0. The molecule has 1 aliphatic rings. The predicted molar refractivity (Wildman–Crippen MR) is 75.5 cm³/mol. The SMILES string of the molecule is Cl.Fc1cc(OC2CCNCC2)c2ccccc2n1. The summed E-state index contributed by atoms with van der Waals surface area (Å²) in [6.45, 7) is 1.91. The molecule has 5 heteroatoms. The first-order valence-electron chi connectivity index (χ1n) is 6.25. The quantitative estimate of drug-likeness (QED) is 0.860. The second-order valence-electron chi connectivity index (χ2n) is 4.53. The maximum Gasteiger partial charge on any atom is 0.217 e. The van der Waals surface area contributed by atoms with Gasteiger partial charge < -0.3 is 10.1 Å². The number of hydrogen-bond donors (Lipinski definition) is 1. The van der Waals surface area contributed by atoms with E-state index in [1.807, 2.05) is 18.2 Å². The van der Waals surface area contributed by atoms with Gasteiger partial charge in [0, 0.05) is 11.5 Å². The molecule has 3 rings (SSSR count). The highest BCUT2D eigenvalue weighted by molar-refractivity contribution is 5.85. The first-order chi connectivity index (χ1) is 8.83. The highest BCUT2D eigenvalue weighted by Crippen LogP contribution is 2.27. The van der Waals surface area contributed by atoms with Gasteiger partial charge in [-0.2, -0.15) is 4.39 Å². The highest BCUT2D eigenvalue weighted by atomic mass is 35.5. The van der Waals surface area contributed by atoms with Gasteiger partial charge in [-0.1, -0.05) is 12.1 Å². The van der Waals surface area contributed by atoms with Crippen molar-refractivity contribution in [1.82, 2.24) is 10.3 Å². The van der Waals surface area contributed by atoms with Gasteiger partial charge in [0.15, 0.2) is 0 Å². The van der Waals surface area contributed by atoms with Crippen molar-refractivity contribution in [3.8, 4) is 5.75 Å². The third-order valence-corrected chi connectivity index (χ3v) is 3.23. The van der Waals surface area contributed by atoms with E-state index in [0.717, 1.165) is 31.3 Å². The maximum atomic E-state index is 13.4. The number of piperidine rings is 1. The third-order valence-electron chi connectivity index (χ3n) is 3.23. The van der Waals surface area contributed by atoms with E-state index in [1.165, 1.54) is 6.07 Å². The molecule has 1 aliphatic heterocycles. The van der Waals surface area contributed by atoms with Crippen molar-refractivity contribution in [3.05, 3.63) is 36.3 Å². The molecule has 19 heavy (non-hydrogen) atoms. The maximum absolute atomic E-state index is 13.4. The lowest BCUT2D eigenvalue weighted by Crippen LogP contribution is -2.34. The van der Waals surface area contributed by atoms with Crippen LogP contribution in [0.5, 0.6) is 5.75 Å². The molecule has 0 saturated carbocycles. The van der Waals surface area contributed by atoms with E-state index in [2.05, 4.69) is 10.3 Å². The summed E-state index contributed by atoms with van der Waals surface area (Å²) < 4.78 is 19.4. The largest absolute Gasteiger partial charge is 0.489 e. The number of para-hydroxylation sites is 1. The molecule has 1 aromatic heterocycles. The predicted octanol–water partition coefficient (Wildman–Crippen LogP) is 2.93. The normalized spacial score (nSPS) is 16.1. The van der Waals surface area contributed by atoms with Crippen molar-refractivity contribution in [1.29, 1.82) is 0 Å². The number of aromatic nitrogens is 1. The molecule has 2 heterocycles. The van der Waals surface area contributed by atoms with E-state index in [-0.39, 0.29) is 18.5 Å². The van der Waals surface area contributed by atoms with E-state index in [0.29, 0.717) is 11.3 Å². The van der Waals surface area contributed by atoms with Crippen LogP contribution in [0.3, 0.4) is 0 Å². The second kappa shape index (κ2) is 6.17. The summed E-state index contributed by atoms with van der Waals surface area (Å²) >= 11 is 0. The van der Waals surface area contributed by atoms with Crippen molar-refractivity contribution in [2.24, 2.45) is 0 Å². The van der Waals surface area contributed by atoms with Gasteiger partial charge in [-0.05, 0) is 38.1 Å². The van der Waals surface area contributed by atoms with Crippen LogP contribution in [0, 0.1) is 5.95 Å². The van der Waals surface area contributed by atoms with E-state index in [9.17, 15) is 4.39 Å². The number of nitrogens with zero attached hydrogens (tertiary/aromatic N) is 1. The molecule has 0 amide bonds. The molecule has 0 spiro atoms. The monoisotopic (exact) mass is 282 g/mol. The van der Waals surface area contributed by atoms with Gasteiger partial charge in [0.1, 0.15) is 11.9 Å². The third kappa shape index (κ3) is 3.14. The van der Waals surface area contributed by atoms with E-state index in [4.69, 9.17) is 4.74 Å². The van der Waals surface area contributed by atoms with E-state index < -0.39 is 5.95 Å². The fraction of sp³-hybridized carbons (Fsp3) is 0.357. The Labute approximate surface area is 117 Å². The minimum atomic E-state index is -0.488. The Bertz CT molecular complexity index is 558. The number of hydrogen-bond acceptors (Lipinski definition) is 3. The zero-order chi connectivity index (χ0) is 12.4. The van der Waals surface area contributed by atoms with Gasteiger partial charge in [0.05, 0.1) is 5.52 Å². The van der Waals surface area contributed by atoms with Gasteiger partial charge in [-0.3, -0.25) is 0 Å². The molecule has 1 saturated heterocycles. The Morgan fingerprint density at radius 2 is 1.95 bits per heavy atom. The van der Waals surface area contributed by atoms with Gasteiger partial charge in [-0.15, -0.1) is 12.4 Å². The molecule has 0 bridgehead atoms. The molecule has 1 N–H and O–H groups in total. The Balaban J connectivity index is 0.00000133. The van der Waals surface area contributed by atoms with Crippen LogP contribution >= 0.6 is 12.4 Å². The molecule has 102 valence electrons. The Hall–Kier alpha value is -1.39. The summed E-state index contributed by atoms with van der Waals surface area (Å²) in [5.41, 5.74) is 0.640. The molecule has 1 fully saturated rings. The summed E-state index contributed by atoms with van der Waals surface area (Å²) in [5.74, 6) is 0.114. The zero-order valence-corrected chi connectivity index (χ0v) is 11.3. The van der Waals surface area contributed by atoms with Crippen LogP contribution in [-0.4, -0.2) is 24.2 Å². The molecule has 0 atom stereocenters. The van der Waals surface area contributed by atoms with Gasteiger partial charge in [0.25, 0.3) is 0 Å². The van der Waals surface area contributed by atoms with Gasteiger partial charge >= 0.3 is 0 Å². The van der Waals surface area contributed by atoms with Crippen LogP contribution in [0.15, 0.2) is 30.3 Å². The number of fused-ring (bicyclic) bond motifs is 1. The van der Waals surface area contributed by atoms with Crippen molar-refractivity contribution < 1.29 is 9.13 Å². The molecule has 2 aromatic rings. The summed E-state index contributed by atoms with van der Waals surface area (Å²) in [5, 5.41) is 4.16. The van der Waals surface area contributed by atoms with Crippen LogP contribution < -0.4 is 10.1 Å².